The van der Waals surface area contributed by atoms with E-state index >= 15 is 0 Å². The van der Waals surface area contributed by atoms with Gasteiger partial charge in [0.25, 0.3) is 0 Å². The molecule has 0 aliphatic heterocycles. The first-order chi connectivity index (χ1) is 8.17. The van der Waals surface area contributed by atoms with Crippen molar-refractivity contribution in [3.05, 3.63) is 29.8 Å². The molecule has 1 atom stereocenters. The Balaban J connectivity index is 2.56. The molecule has 0 spiro atoms. The molecule has 0 aliphatic carbocycles. The molecule has 17 heavy (non-hydrogen) atoms. The lowest BCUT2D eigenvalue weighted by Crippen LogP contribution is -2.14. The molecule has 0 aromatic heterocycles. The van der Waals surface area contributed by atoms with Gasteiger partial charge in [-0.05, 0) is 43.7 Å². The topological polar surface area (TPSA) is 51.0 Å². The second-order valence-corrected chi connectivity index (χ2v) is 3.92. The van der Waals surface area contributed by atoms with Crippen molar-refractivity contribution in [3.63, 3.8) is 0 Å². The van der Waals surface area contributed by atoms with Crippen LogP contribution in [0.25, 0.3) is 0 Å². The zero-order valence-corrected chi connectivity index (χ0v) is 10.5. The Morgan fingerprint density at radius 1 is 1.35 bits per heavy atom. The van der Waals surface area contributed by atoms with E-state index in [0.717, 1.165) is 17.7 Å². The highest BCUT2D eigenvalue weighted by molar-refractivity contribution is 5.98. The first-order valence-corrected chi connectivity index (χ1v) is 5.62. The number of hydrogen-bond donors (Lipinski definition) is 1. The first kappa shape index (κ1) is 13.5. The van der Waals surface area contributed by atoms with E-state index in [2.05, 4.69) is 5.16 Å². The Kier molecular flexibility index (Phi) is 5.49. The van der Waals surface area contributed by atoms with Gasteiger partial charge in [-0.3, -0.25) is 0 Å². The van der Waals surface area contributed by atoms with Crippen molar-refractivity contribution in [3.8, 4) is 5.75 Å². The van der Waals surface area contributed by atoms with Crippen LogP contribution in [0.3, 0.4) is 0 Å². The van der Waals surface area contributed by atoms with Crippen LogP contribution in [0.4, 0.5) is 0 Å². The van der Waals surface area contributed by atoms with E-state index in [0.29, 0.717) is 12.3 Å². The third kappa shape index (κ3) is 4.44. The first-order valence-electron chi connectivity index (χ1n) is 5.62. The molecule has 0 saturated heterocycles. The van der Waals surface area contributed by atoms with Crippen molar-refractivity contribution in [2.45, 2.75) is 26.4 Å². The quantitative estimate of drug-likeness (QED) is 0.470. The number of oxime groups is 1. The van der Waals surface area contributed by atoms with Crippen LogP contribution in [0.1, 0.15) is 25.8 Å². The molecule has 1 aromatic carbocycles. The summed E-state index contributed by atoms with van der Waals surface area (Å²) in [6.07, 6.45) is 0.975. The summed E-state index contributed by atoms with van der Waals surface area (Å²) >= 11 is 0. The van der Waals surface area contributed by atoms with Gasteiger partial charge in [-0.1, -0.05) is 5.16 Å². The Morgan fingerprint density at radius 2 is 2.00 bits per heavy atom. The highest BCUT2D eigenvalue weighted by atomic mass is 16.5. The van der Waals surface area contributed by atoms with Crippen LogP contribution in [-0.2, 0) is 4.74 Å². The van der Waals surface area contributed by atoms with Crippen LogP contribution >= 0.6 is 0 Å². The fraction of sp³-hybridized carbons (Fsp3) is 0.462. The van der Waals surface area contributed by atoms with Crippen LogP contribution in [-0.4, -0.2) is 30.7 Å². The molecular formula is C13H19NO3. The number of ether oxygens (including phenoxy) is 2. The monoisotopic (exact) mass is 237 g/mol. The zero-order chi connectivity index (χ0) is 12.7. The summed E-state index contributed by atoms with van der Waals surface area (Å²) in [5, 5.41) is 11.8. The standard InChI is InChI=1S/C13H19NO3/c1-10(8-9-16-3)17-13-6-4-12(5-7-13)11(2)14-15/h4-7,10,15H,8-9H2,1-3H3/b14-11+. The van der Waals surface area contributed by atoms with Gasteiger partial charge in [-0.25, -0.2) is 0 Å². The van der Waals surface area contributed by atoms with Gasteiger partial charge in [-0.2, -0.15) is 0 Å². The minimum atomic E-state index is 0.119. The Hall–Kier alpha value is -1.55. The van der Waals surface area contributed by atoms with Gasteiger partial charge in [0.2, 0.25) is 0 Å². The molecule has 0 heterocycles. The average molecular weight is 237 g/mol. The van der Waals surface area contributed by atoms with E-state index in [1.165, 1.54) is 0 Å². The summed E-state index contributed by atoms with van der Waals surface area (Å²) < 4.78 is 10.7. The predicted octanol–water partition coefficient (Wildman–Crippen LogP) is 2.69. The molecule has 1 rings (SSSR count). The molecule has 0 bridgehead atoms. The molecule has 1 N–H and O–H groups in total. The molecule has 1 aromatic rings. The van der Waals surface area contributed by atoms with Gasteiger partial charge in [-0.15, -0.1) is 0 Å². The largest absolute Gasteiger partial charge is 0.491 e. The number of benzene rings is 1. The van der Waals surface area contributed by atoms with Crippen LogP contribution in [0.2, 0.25) is 0 Å². The molecule has 0 aliphatic rings. The lowest BCUT2D eigenvalue weighted by molar-refractivity contribution is 0.135. The van der Waals surface area contributed by atoms with Crippen LogP contribution in [0.15, 0.2) is 29.4 Å². The maximum atomic E-state index is 8.64. The van der Waals surface area contributed by atoms with Gasteiger partial charge in [0.15, 0.2) is 0 Å². The average Bonchev–Trinajstić information content (AvgIpc) is 2.36. The van der Waals surface area contributed by atoms with Gasteiger partial charge < -0.3 is 14.7 Å². The maximum absolute atomic E-state index is 8.64. The van der Waals surface area contributed by atoms with E-state index in [4.69, 9.17) is 14.7 Å². The molecule has 0 radical (unpaired) electrons. The third-order valence-electron chi connectivity index (χ3n) is 2.49. The normalized spacial score (nSPS) is 13.5. The molecule has 0 amide bonds. The van der Waals surface area contributed by atoms with Crippen LogP contribution < -0.4 is 4.74 Å². The van der Waals surface area contributed by atoms with Crippen molar-refractivity contribution in [1.82, 2.24) is 0 Å². The fourth-order valence-corrected chi connectivity index (χ4v) is 1.41. The molecule has 1 unspecified atom stereocenters. The Labute approximate surface area is 102 Å². The van der Waals surface area contributed by atoms with Crippen molar-refractivity contribution in [2.75, 3.05) is 13.7 Å². The van der Waals surface area contributed by atoms with Crippen LogP contribution in [0.5, 0.6) is 5.75 Å². The predicted molar refractivity (Wildman–Crippen MR) is 67.0 cm³/mol. The number of rotatable bonds is 6. The van der Waals surface area contributed by atoms with Gasteiger partial charge in [0.1, 0.15) is 5.75 Å². The molecule has 4 nitrogen and oxygen atoms in total. The van der Waals surface area contributed by atoms with Crippen molar-refractivity contribution in [2.24, 2.45) is 5.16 Å². The summed E-state index contributed by atoms with van der Waals surface area (Å²) in [7, 11) is 1.68. The summed E-state index contributed by atoms with van der Waals surface area (Å²) in [5.74, 6) is 0.808. The summed E-state index contributed by atoms with van der Waals surface area (Å²) in [6.45, 7) is 4.44. The van der Waals surface area contributed by atoms with Gasteiger partial charge >= 0.3 is 0 Å². The van der Waals surface area contributed by atoms with E-state index in [-0.39, 0.29) is 6.10 Å². The fourth-order valence-electron chi connectivity index (χ4n) is 1.41. The van der Waals surface area contributed by atoms with Crippen molar-refractivity contribution >= 4 is 5.71 Å². The van der Waals surface area contributed by atoms with E-state index in [1.54, 1.807) is 14.0 Å². The zero-order valence-electron chi connectivity index (χ0n) is 10.5. The highest BCUT2D eigenvalue weighted by Crippen LogP contribution is 2.15. The Bertz CT molecular complexity index is 359. The molecule has 0 fully saturated rings. The minimum Gasteiger partial charge on any atom is -0.491 e. The maximum Gasteiger partial charge on any atom is 0.119 e. The van der Waals surface area contributed by atoms with Crippen molar-refractivity contribution in [1.29, 1.82) is 0 Å². The molecule has 94 valence electrons. The minimum absolute atomic E-state index is 0.119. The SMILES string of the molecule is COCCC(C)Oc1ccc(/C(C)=N/O)cc1. The number of hydrogen-bond acceptors (Lipinski definition) is 4. The number of methoxy groups -OCH3 is 1. The van der Waals surface area contributed by atoms with Crippen molar-refractivity contribution < 1.29 is 14.7 Å². The molecular weight excluding hydrogens is 218 g/mol. The van der Waals surface area contributed by atoms with Gasteiger partial charge in [0.05, 0.1) is 11.8 Å². The van der Waals surface area contributed by atoms with Gasteiger partial charge in [0, 0.05) is 20.1 Å². The Morgan fingerprint density at radius 3 is 2.53 bits per heavy atom. The van der Waals surface area contributed by atoms with E-state index in [9.17, 15) is 0 Å². The summed E-state index contributed by atoms with van der Waals surface area (Å²) in [4.78, 5) is 0. The highest BCUT2D eigenvalue weighted by Gasteiger charge is 2.04. The summed E-state index contributed by atoms with van der Waals surface area (Å²) in [5.41, 5.74) is 1.47. The van der Waals surface area contributed by atoms with E-state index < -0.39 is 0 Å². The second-order valence-electron chi connectivity index (χ2n) is 3.92. The smallest absolute Gasteiger partial charge is 0.119 e. The van der Waals surface area contributed by atoms with E-state index in [1.807, 2.05) is 31.2 Å². The summed E-state index contributed by atoms with van der Waals surface area (Å²) in [6, 6.07) is 7.47. The molecule has 4 heteroatoms. The molecule has 0 saturated carbocycles. The van der Waals surface area contributed by atoms with Crippen LogP contribution in [0, 0.1) is 0 Å². The lowest BCUT2D eigenvalue weighted by atomic mass is 10.1. The second kappa shape index (κ2) is 6.91. The number of nitrogens with zero attached hydrogens (tertiary/aromatic N) is 1. The third-order valence-corrected chi connectivity index (χ3v) is 2.49. The lowest BCUT2D eigenvalue weighted by Gasteiger charge is -2.14.